The second kappa shape index (κ2) is 12.5. The van der Waals surface area contributed by atoms with Crippen LogP contribution in [0.5, 0.6) is 0 Å². The van der Waals surface area contributed by atoms with E-state index in [4.69, 9.17) is 5.73 Å². The van der Waals surface area contributed by atoms with Gasteiger partial charge in [0.25, 0.3) is 0 Å². The van der Waals surface area contributed by atoms with E-state index in [2.05, 4.69) is 10.6 Å². The summed E-state index contributed by atoms with van der Waals surface area (Å²) in [6.45, 7) is 10.1. The average molecular weight is 525 g/mol. The molecule has 2 unspecified atom stereocenters. The van der Waals surface area contributed by atoms with Crippen LogP contribution in [-0.2, 0) is 19.2 Å². The molecule has 5 N–H and O–H groups in total. The number of amides is 2. The van der Waals surface area contributed by atoms with Gasteiger partial charge in [-0.05, 0) is 37.5 Å². The molecule has 0 bridgehead atoms. The van der Waals surface area contributed by atoms with Crippen molar-refractivity contribution in [3.63, 3.8) is 0 Å². The van der Waals surface area contributed by atoms with Gasteiger partial charge in [0.2, 0.25) is 15.6 Å². The molecular weight excluding hydrogens is 489 g/mol. The van der Waals surface area contributed by atoms with Crippen molar-refractivity contribution in [2.75, 3.05) is 6.54 Å². The second-order valence-corrected chi connectivity index (χ2v) is 10.3. The predicted octanol–water partition coefficient (Wildman–Crippen LogP) is 2.37. The van der Waals surface area contributed by atoms with Crippen LogP contribution in [-0.4, -0.2) is 45.3 Å². The minimum atomic E-state index is -1.16. The molecule has 29 heavy (non-hydrogen) atoms. The van der Waals surface area contributed by atoms with Crippen molar-refractivity contribution in [1.29, 1.82) is 0 Å². The van der Waals surface area contributed by atoms with E-state index < -0.39 is 23.5 Å². The number of aliphatic carboxylic acids is 1. The molecule has 0 aromatic rings. The molecule has 0 aliphatic rings. The van der Waals surface area contributed by atoms with Crippen LogP contribution in [0.2, 0.25) is 0 Å². The number of hydrogen-bond acceptors (Lipinski definition) is 5. The van der Waals surface area contributed by atoms with Gasteiger partial charge in [0.1, 0.15) is 6.04 Å². The van der Waals surface area contributed by atoms with Crippen LogP contribution < -0.4 is 16.4 Å². The van der Waals surface area contributed by atoms with Crippen LogP contribution in [0.15, 0.2) is 0 Å². The summed E-state index contributed by atoms with van der Waals surface area (Å²) in [5.74, 6) is -1.76. The highest BCUT2D eigenvalue weighted by atomic mass is 127. The molecule has 0 aromatic carbocycles. The Labute approximate surface area is 187 Å². The number of carboxylic acid groups (broad SMARTS) is 1. The minimum Gasteiger partial charge on any atom is -0.480 e. The third kappa shape index (κ3) is 12.8. The van der Waals surface area contributed by atoms with Crippen molar-refractivity contribution < 1.29 is 24.3 Å². The highest BCUT2D eigenvalue weighted by molar-refractivity contribution is 14.1. The number of carbonyl (C=O) groups is 4. The van der Waals surface area contributed by atoms with Gasteiger partial charge < -0.3 is 21.5 Å². The molecule has 0 aliphatic carbocycles. The van der Waals surface area contributed by atoms with Gasteiger partial charge in [0, 0.05) is 41.0 Å². The third-order valence-corrected chi connectivity index (χ3v) is 5.21. The van der Waals surface area contributed by atoms with E-state index in [1.54, 1.807) is 36.4 Å². The number of hydrogen-bond donors (Lipinski definition) is 4. The minimum absolute atomic E-state index is 0.00267. The Kier molecular flexibility index (Phi) is 11.9. The Hall–Kier alpha value is -1.23. The van der Waals surface area contributed by atoms with E-state index in [9.17, 15) is 24.3 Å². The fourth-order valence-electron chi connectivity index (χ4n) is 3.21. The third-order valence-electron chi connectivity index (χ3n) is 4.41. The van der Waals surface area contributed by atoms with Gasteiger partial charge in [0.05, 0.1) is 6.04 Å². The van der Waals surface area contributed by atoms with Gasteiger partial charge in [-0.3, -0.25) is 14.4 Å². The van der Waals surface area contributed by atoms with Crippen molar-refractivity contribution in [2.24, 2.45) is 16.6 Å². The fraction of sp³-hybridized carbons (Fsp3) is 0.800. The molecule has 0 heterocycles. The predicted molar refractivity (Wildman–Crippen MR) is 121 cm³/mol. The summed E-state index contributed by atoms with van der Waals surface area (Å²) in [4.78, 5) is 47.0. The number of nitrogens with two attached hydrogens (primary N) is 1. The summed E-state index contributed by atoms with van der Waals surface area (Å²) in [5, 5.41) is 14.7. The lowest BCUT2D eigenvalue weighted by Gasteiger charge is -2.32. The Balaban J connectivity index is 4.40. The number of carboxylic acids is 1. The van der Waals surface area contributed by atoms with Gasteiger partial charge in [0.15, 0.2) is 0 Å². The average Bonchev–Trinajstić information content (AvgIpc) is 2.55. The number of rotatable bonds is 13. The first-order chi connectivity index (χ1) is 13.2. The van der Waals surface area contributed by atoms with Gasteiger partial charge in [-0.25, -0.2) is 4.79 Å². The van der Waals surface area contributed by atoms with E-state index in [0.717, 1.165) is 0 Å². The summed E-state index contributed by atoms with van der Waals surface area (Å²) in [6.07, 6.45) is 2.59. The monoisotopic (exact) mass is 525 g/mol. The van der Waals surface area contributed by atoms with Crippen molar-refractivity contribution in [3.8, 4) is 0 Å². The topological polar surface area (TPSA) is 139 Å². The van der Waals surface area contributed by atoms with Gasteiger partial charge in [-0.15, -0.1) is 0 Å². The van der Waals surface area contributed by atoms with Gasteiger partial charge >= 0.3 is 5.97 Å². The smallest absolute Gasteiger partial charge is 0.326 e. The maximum Gasteiger partial charge on any atom is 0.326 e. The first kappa shape index (κ1) is 27.8. The van der Waals surface area contributed by atoms with Crippen LogP contribution in [0.25, 0.3) is 0 Å². The highest BCUT2D eigenvalue weighted by Gasteiger charge is 2.34. The standard InChI is InChI=1S/C20H36IN3O5/c1-19(2,3)12-20(4,5)18(29)24-14(17(27)28)9-10-15(25)23-11-7-6-8-13(22)16(21)26/h13-14H,6-12,22H2,1-5H3,(H,23,25)(H,24,29)(H,27,28). The summed E-state index contributed by atoms with van der Waals surface area (Å²) in [6, 6.07) is -1.59. The molecule has 2 amide bonds. The van der Waals surface area contributed by atoms with E-state index in [1.807, 2.05) is 20.8 Å². The molecule has 0 spiro atoms. The quantitative estimate of drug-likeness (QED) is 0.166. The zero-order valence-electron chi connectivity index (χ0n) is 18.1. The molecular formula is C20H36IN3O5. The largest absolute Gasteiger partial charge is 0.480 e. The number of unbranched alkanes of at least 4 members (excludes halogenated alkanes) is 1. The van der Waals surface area contributed by atoms with Gasteiger partial charge in [-0.1, -0.05) is 34.6 Å². The maximum atomic E-state index is 12.5. The molecule has 0 rings (SSSR count). The lowest BCUT2D eigenvalue weighted by Crippen LogP contribution is -2.48. The second-order valence-electron chi connectivity index (χ2n) is 9.28. The SMILES string of the molecule is CC(C)(C)CC(C)(C)C(=O)NC(CCC(=O)NCCCCC(N)C(=O)I)C(=O)O. The molecule has 8 nitrogen and oxygen atoms in total. The molecule has 168 valence electrons. The van der Waals surface area contributed by atoms with E-state index in [-0.39, 0.29) is 33.9 Å². The van der Waals surface area contributed by atoms with Crippen molar-refractivity contribution >= 4 is 44.2 Å². The van der Waals surface area contributed by atoms with Crippen molar-refractivity contribution in [2.45, 2.75) is 85.2 Å². The molecule has 0 aromatic heterocycles. The molecule has 0 saturated carbocycles. The lowest BCUT2D eigenvalue weighted by molar-refractivity contribution is -0.144. The van der Waals surface area contributed by atoms with Crippen LogP contribution in [0.3, 0.4) is 0 Å². The summed E-state index contributed by atoms with van der Waals surface area (Å²) in [5.41, 5.74) is 4.85. The fourth-order valence-corrected chi connectivity index (χ4v) is 3.52. The summed E-state index contributed by atoms with van der Waals surface area (Å²) < 4.78 is -0.0842. The summed E-state index contributed by atoms with van der Waals surface area (Å²) in [7, 11) is 0. The number of carbonyl (C=O) groups excluding carboxylic acids is 3. The van der Waals surface area contributed by atoms with Crippen molar-refractivity contribution in [3.05, 3.63) is 0 Å². The van der Waals surface area contributed by atoms with Crippen LogP contribution in [0.1, 0.15) is 73.1 Å². The molecule has 0 fully saturated rings. The number of nitrogens with one attached hydrogen (secondary N) is 2. The van der Waals surface area contributed by atoms with Crippen LogP contribution in [0, 0.1) is 10.8 Å². The zero-order chi connectivity index (χ0) is 22.8. The van der Waals surface area contributed by atoms with E-state index >= 15 is 0 Å². The molecule has 0 radical (unpaired) electrons. The Morgan fingerprint density at radius 3 is 2.10 bits per heavy atom. The first-order valence-electron chi connectivity index (χ1n) is 9.91. The van der Waals surface area contributed by atoms with Crippen LogP contribution >= 0.6 is 22.6 Å². The zero-order valence-corrected chi connectivity index (χ0v) is 20.3. The number of halogens is 1. The Morgan fingerprint density at radius 2 is 1.62 bits per heavy atom. The van der Waals surface area contributed by atoms with Crippen LogP contribution in [0.4, 0.5) is 0 Å². The summed E-state index contributed by atoms with van der Waals surface area (Å²) >= 11 is 1.67. The molecule has 0 saturated heterocycles. The van der Waals surface area contributed by atoms with Crippen molar-refractivity contribution in [1.82, 2.24) is 10.6 Å². The maximum absolute atomic E-state index is 12.5. The first-order valence-corrected chi connectivity index (χ1v) is 11.0. The highest BCUT2D eigenvalue weighted by Crippen LogP contribution is 2.33. The van der Waals surface area contributed by atoms with E-state index in [0.29, 0.717) is 32.2 Å². The molecule has 2 atom stereocenters. The van der Waals surface area contributed by atoms with E-state index in [1.165, 1.54) is 0 Å². The Bertz CT molecular complexity index is 587. The molecule has 9 heteroatoms. The normalized spacial score (nSPS) is 14.0. The molecule has 0 aliphatic heterocycles. The van der Waals surface area contributed by atoms with Gasteiger partial charge in [-0.2, -0.15) is 0 Å². The Morgan fingerprint density at radius 1 is 1.03 bits per heavy atom. The lowest BCUT2D eigenvalue weighted by atomic mass is 9.75.